The second-order valence-corrected chi connectivity index (χ2v) is 10.5. The summed E-state index contributed by atoms with van der Waals surface area (Å²) in [7, 11) is 0. The number of nitrogens with zero attached hydrogens (tertiary/aromatic N) is 1. The predicted molar refractivity (Wildman–Crippen MR) is 148 cm³/mol. The highest BCUT2D eigenvalue weighted by Crippen LogP contribution is 2.37. The molecule has 1 saturated heterocycles. The van der Waals surface area contributed by atoms with Crippen LogP contribution in [0.3, 0.4) is 0 Å². The monoisotopic (exact) mass is 579 g/mol. The van der Waals surface area contributed by atoms with Crippen molar-refractivity contribution in [2.45, 2.75) is 13.2 Å². The Labute approximate surface area is 238 Å². The maximum absolute atomic E-state index is 12.8. The number of carbonyl (C=O) groups excluding carboxylic acids is 1. The van der Waals surface area contributed by atoms with Crippen LogP contribution in [0.1, 0.15) is 16.7 Å². The van der Waals surface area contributed by atoms with Crippen molar-refractivity contribution in [1.82, 2.24) is 4.90 Å². The number of ether oxygens (including phenoxy) is 6. The van der Waals surface area contributed by atoms with Gasteiger partial charge in [0.05, 0.1) is 4.91 Å². The zero-order valence-corrected chi connectivity index (χ0v) is 22.4. The summed E-state index contributed by atoms with van der Waals surface area (Å²) < 4.78 is 34.0. The lowest BCUT2D eigenvalue weighted by molar-refractivity contribution is -0.140. The van der Waals surface area contributed by atoms with Crippen LogP contribution in [0.15, 0.2) is 59.5 Å². The molecule has 6 rings (SSSR count). The summed E-state index contributed by atoms with van der Waals surface area (Å²) in [6.45, 7) is 0.365. The van der Waals surface area contributed by atoms with Crippen molar-refractivity contribution < 1.29 is 43.1 Å². The molecule has 1 amide bonds. The van der Waals surface area contributed by atoms with E-state index >= 15 is 0 Å². The number of hydrogen-bond donors (Lipinski definition) is 1. The third kappa shape index (κ3) is 5.49. The van der Waals surface area contributed by atoms with Crippen molar-refractivity contribution in [3.63, 3.8) is 0 Å². The molecule has 204 valence electrons. The number of amides is 1. The van der Waals surface area contributed by atoms with E-state index in [4.69, 9.17) is 45.7 Å². The van der Waals surface area contributed by atoms with E-state index < -0.39 is 18.4 Å². The zero-order chi connectivity index (χ0) is 27.6. The smallest absolute Gasteiger partial charge is 0.323 e. The molecule has 1 N–H and O–H groups in total. The average molecular weight is 580 g/mol. The van der Waals surface area contributed by atoms with E-state index in [0.29, 0.717) is 45.0 Å². The second kappa shape index (κ2) is 11.0. The zero-order valence-electron chi connectivity index (χ0n) is 20.8. The standard InChI is InChI=1S/C28H21NO9S2/c30-26(31)11-29-27(32)25(40-28(29)39)9-18-3-4-19(33-12-16-1-5-20-23(7-16)37-14-35-20)10-22(18)34-13-17-2-6-21-24(8-17)38-15-36-21/h1-10H,11-15H2,(H,30,31)/b25-9-. The van der Waals surface area contributed by atoms with E-state index in [1.807, 2.05) is 36.4 Å². The molecule has 10 nitrogen and oxygen atoms in total. The van der Waals surface area contributed by atoms with Gasteiger partial charge in [-0.3, -0.25) is 14.5 Å². The van der Waals surface area contributed by atoms with Crippen molar-refractivity contribution in [2.24, 2.45) is 0 Å². The Hall–Kier alpha value is -4.42. The molecular formula is C28H21NO9S2. The molecule has 3 aromatic carbocycles. The molecule has 0 radical (unpaired) electrons. The third-order valence-corrected chi connectivity index (χ3v) is 7.49. The van der Waals surface area contributed by atoms with Gasteiger partial charge in [-0.1, -0.05) is 36.1 Å². The van der Waals surface area contributed by atoms with E-state index in [1.165, 1.54) is 0 Å². The maximum Gasteiger partial charge on any atom is 0.323 e. The lowest BCUT2D eigenvalue weighted by atomic mass is 10.1. The highest BCUT2D eigenvalue weighted by Gasteiger charge is 2.33. The first-order valence-corrected chi connectivity index (χ1v) is 13.3. The molecule has 3 aliphatic heterocycles. The van der Waals surface area contributed by atoms with E-state index in [9.17, 15) is 9.59 Å². The van der Waals surface area contributed by atoms with Crippen LogP contribution in [-0.2, 0) is 22.8 Å². The highest BCUT2D eigenvalue weighted by molar-refractivity contribution is 8.26. The quantitative estimate of drug-likeness (QED) is 0.284. The van der Waals surface area contributed by atoms with Crippen LogP contribution in [0.25, 0.3) is 6.08 Å². The van der Waals surface area contributed by atoms with E-state index in [1.54, 1.807) is 24.3 Å². The molecule has 1 fully saturated rings. The Morgan fingerprint density at radius 3 is 2.17 bits per heavy atom. The first kappa shape index (κ1) is 25.8. The molecule has 0 aromatic heterocycles. The van der Waals surface area contributed by atoms with Gasteiger partial charge in [-0.25, -0.2) is 0 Å². The molecule has 3 aromatic rings. The Bertz CT molecular complexity index is 1550. The summed E-state index contributed by atoms with van der Waals surface area (Å²) in [5.74, 6) is 2.08. The van der Waals surface area contributed by atoms with E-state index in [-0.39, 0.29) is 31.1 Å². The second-order valence-electron chi connectivity index (χ2n) is 8.81. The molecular weight excluding hydrogens is 558 g/mol. The van der Waals surface area contributed by atoms with E-state index in [2.05, 4.69) is 0 Å². The molecule has 40 heavy (non-hydrogen) atoms. The van der Waals surface area contributed by atoms with Gasteiger partial charge in [0.2, 0.25) is 13.6 Å². The largest absolute Gasteiger partial charge is 0.489 e. The lowest BCUT2D eigenvalue weighted by Crippen LogP contribution is -2.33. The number of carboxylic acids is 1. The SMILES string of the molecule is O=C(O)CN1C(=O)/C(=C/c2ccc(OCc3ccc4c(c3)OCO4)cc2OCc2ccc3c(c2)OCO3)SC1=S. The first-order valence-electron chi connectivity index (χ1n) is 12.1. The number of hydrogen-bond acceptors (Lipinski definition) is 10. The fourth-order valence-electron chi connectivity index (χ4n) is 4.15. The van der Waals surface area contributed by atoms with E-state index in [0.717, 1.165) is 27.8 Å². The number of carbonyl (C=O) groups is 2. The van der Waals surface area contributed by atoms with Gasteiger partial charge < -0.3 is 33.5 Å². The predicted octanol–water partition coefficient (Wildman–Crippen LogP) is 4.59. The number of benzene rings is 3. The van der Waals surface area contributed by atoms with Crippen LogP contribution >= 0.6 is 24.0 Å². The molecule has 0 spiro atoms. The van der Waals surface area contributed by atoms with Crippen LogP contribution < -0.4 is 28.4 Å². The van der Waals surface area contributed by atoms with Crippen LogP contribution in [0, 0.1) is 0 Å². The third-order valence-electron chi connectivity index (χ3n) is 6.11. The minimum atomic E-state index is -1.14. The number of thiocarbonyl (C=S) groups is 1. The van der Waals surface area contributed by atoms with Crippen LogP contribution in [-0.4, -0.2) is 46.3 Å². The molecule has 0 saturated carbocycles. The Kier molecular flexibility index (Phi) is 7.10. The molecule has 3 aliphatic rings. The Morgan fingerprint density at radius 1 is 0.900 bits per heavy atom. The summed E-state index contributed by atoms with van der Waals surface area (Å²) in [5, 5.41) is 9.13. The normalized spacial score (nSPS) is 16.1. The molecule has 0 atom stereocenters. The fourth-order valence-corrected chi connectivity index (χ4v) is 5.40. The number of thioether (sulfide) groups is 1. The van der Waals surface area contributed by atoms with Crippen molar-refractivity contribution in [1.29, 1.82) is 0 Å². The van der Waals surface area contributed by atoms with Crippen LogP contribution in [0.5, 0.6) is 34.5 Å². The van der Waals surface area contributed by atoms with Gasteiger partial charge in [0.1, 0.15) is 35.6 Å². The van der Waals surface area contributed by atoms with Crippen molar-refractivity contribution in [2.75, 3.05) is 20.1 Å². The lowest BCUT2D eigenvalue weighted by Gasteiger charge is -2.14. The number of rotatable bonds is 9. The molecule has 0 aliphatic carbocycles. The first-order chi connectivity index (χ1) is 19.4. The molecule has 12 heteroatoms. The summed E-state index contributed by atoms with van der Waals surface area (Å²) in [6.07, 6.45) is 1.64. The van der Waals surface area contributed by atoms with Gasteiger partial charge in [-0.2, -0.15) is 0 Å². The maximum atomic E-state index is 12.8. The molecule has 0 unspecified atom stereocenters. The van der Waals surface area contributed by atoms with Gasteiger partial charge in [-0.05, 0) is 53.6 Å². The van der Waals surface area contributed by atoms with Crippen LogP contribution in [0.4, 0.5) is 0 Å². The van der Waals surface area contributed by atoms with Gasteiger partial charge in [0, 0.05) is 11.6 Å². The van der Waals surface area contributed by atoms with Gasteiger partial charge in [-0.15, -0.1) is 0 Å². The molecule has 3 heterocycles. The summed E-state index contributed by atoms with van der Waals surface area (Å²) in [6, 6.07) is 16.4. The van der Waals surface area contributed by atoms with Crippen LogP contribution in [0.2, 0.25) is 0 Å². The fraction of sp³-hybridized carbons (Fsp3) is 0.179. The van der Waals surface area contributed by atoms with Crippen molar-refractivity contribution in [3.8, 4) is 34.5 Å². The number of fused-ring (bicyclic) bond motifs is 2. The Balaban J connectivity index is 1.24. The summed E-state index contributed by atoms with van der Waals surface area (Å²) >= 11 is 6.26. The number of carboxylic acid groups (broad SMARTS) is 1. The van der Waals surface area contributed by atoms with Crippen molar-refractivity contribution >= 4 is 46.3 Å². The number of aliphatic carboxylic acids is 1. The summed E-state index contributed by atoms with van der Waals surface area (Å²) in [4.78, 5) is 25.4. The average Bonchev–Trinajstić information content (AvgIpc) is 3.67. The van der Waals surface area contributed by atoms with Gasteiger partial charge in [0.25, 0.3) is 5.91 Å². The minimum absolute atomic E-state index is 0.173. The topological polar surface area (TPSA) is 113 Å². The molecule has 0 bridgehead atoms. The van der Waals surface area contributed by atoms with Gasteiger partial charge >= 0.3 is 5.97 Å². The minimum Gasteiger partial charge on any atom is -0.489 e. The Morgan fingerprint density at radius 2 is 1.52 bits per heavy atom. The van der Waals surface area contributed by atoms with Gasteiger partial charge in [0.15, 0.2) is 23.0 Å². The summed E-state index contributed by atoms with van der Waals surface area (Å²) in [5.41, 5.74) is 2.36. The highest BCUT2D eigenvalue weighted by atomic mass is 32.2. The van der Waals surface area contributed by atoms with Crippen molar-refractivity contribution in [3.05, 3.63) is 76.2 Å².